The summed E-state index contributed by atoms with van der Waals surface area (Å²) < 4.78 is 5.35. The molecule has 0 aliphatic heterocycles. The van der Waals surface area contributed by atoms with E-state index in [1.807, 2.05) is 0 Å². The molecule has 78 valence electrons. The van der Waals surface area contributed by atoms with Crippen molar-refractivity contribution in [3.8, 4) is 0 Å². The number of hydrogen-bond acceptors (Lipinski definition) is 2. The largest absolute Gasteiger partial charge is 0.387 e. The molecule has 0 aromatic carbocycles. The lowest BCUT2D eigenvalue weighted by Gasteiger charge is -2.06. The van der Waals surface area contributed by atoms with Crippen LogP contribution in [0.5, 0.6) is 0 Å². The second kappa shape index (κ2) is 9.59. The average molecular weight is 185 g/mol. The summed E-state index contributed by atoms with van der Waals surface area (Å²) in [6, 6.07) is 0. The summed E-state index contributed by atoms with van der Waals surface area (Å²) in [5.74, 6) is 0. The topological polar surface area (TPSA) is 21.3 Å². The van der Waals surface area contributed by atoms with Crippen LogP contribution in [-0.4, -0.2) is 19.8 Å². The number of unbranched alkanes of at least 4 members (excludes halogenated alkanes) is 1. The molecule has 0 amide bonds. The van der Waals surface area contributed by atoms with Crippen LogP contribution in [0.4, 0.5) is 0 Å². The fourth-order valence-corrected chi connectivity index (χ4v) is 1.000. The van der Waals surface area contributed by atoms with Gasteiger partial charge in [0, 0.05) is 18.8 Å². The van der Waals surface area contributed by atoms with E-state index < -0.39 is 0 Å². The quantitative estimate of drug-likeness (QED) is 0.587. The normalized spacial score (nSPS) is 11.8. The minimum Gasteiger partial charge on any atom is -0.387 e. The molecule has 1 N–H and O–H groups in total. The summed E-state index contributed by atoms with van der Waals surface area (Å²) in [7, 11) is 0. The SMILES string of the molecule is CCC/C=C(/C)NCCOCCC. The van der Waals surface area contributed by atoms with Crippen molar-refractivity contribution >= 4 is 0 Å². The molecule has 0 fully saturated rings. The maximum atomic E-state index is 5.35. The van der Waals surface area contributed by atoms with Crippen molar-refractivity contribution in [1.82, 2.24) is 5.32 Å². The molecule has 0 bridgehead atoms. The molecule has 0 aromatic rings. The molecule has 0 aliphatic carbocycles. The van der Waals surface area contributed by atoms with Crippen molar-refractivity contribution in [3.63, 3.8) is 0 Å². The molecule has 0 saturated carbocycles. The zero-order valence-electron chi connectivity index (χ0n) is 9.23. The summed E-state index contributed by atoms with van der Waals surface area (Å²) in [4.78, 5) is 0. The second-order valence-electron chi connectivity index (χ2n) is 3.21. The van der Waals surface area contributed by atoms with Crippen molar-refractivity contribution in [1.29, 1.82) is 0 Å². The monoisotopic (exact) mass is 185 g/mol. The Morgan fingerprint density at radius 2 is 2.00 bits per heavy atom. The van der Waals surface area contributed by atoms with Crippen LogP contribution >= 0.6 is 0 Å². The van der Waals surface area contributed by atoms with Crippen molar-refractivity contribution < 1.29 is 4.74 Å². The van der Waals surface area contributed by atoms with E-state index in [-0.39, 0.29) is 0 Å². The summed E-state index contributed by atoms with van der Waals surface area (Å²) in [5, 5.41) is 3.31. The smallest absolute Gasteiger partial charge is 0.0638 e. The lowest BCUT2D eigenvalue weighted by molar-refractivity contribution is 0.138. The third kappa shape index (κ3) is 9.41. The Morgan fingerprint density at radius 1 is 1.23 bits per heavy atom. The van der Waals surface area contributed by atoms with Crippen molar-refractivity contribution in [2.45, 2.75) is 40.0 Å². The van der Waals surface area contributed by atoms with Gasteiger partial charge in [0.05, 0.1) is 6.61 Å². The van der Waals surface area contributed by atoms with E-state index in [4.69, 9.17) is 4.74 Å². The van der Waals surface area contributed by atoms with E-state index in [1.54, 1.807) is 0 Å². The minimum absolute atomic E-state index is 0.811. The molecule has 0 unspecified atom stereocenters. The van der Waals surface area contributed by atoms with Gasteiger partial charge >= 0.3 is 0 Å². The van der Waals surface area contributed by atoms with E-state index in [2.05, 4.69) is 32.2 Å². The molecule has 0 saturated heterocycles. The van der Waals surface area contributed by atoms with Crippen LogP contribution in [0.1, 0.15) is 40.0 Å². The van der Waals surface area contributed by atoms with Gasteiger partial charge in [0.25, 0.3) is 0 Å². The maximum absolute atomic E-state index is 5.35. The first-order chi connectivity index (χ1) is 6.31. The number of allylic oxidation sites excluding steroid dienone is 2. The third-order valence-electron chi connectivity index (χ3n) is 1.74. The van der Waals surface area contributed by atoms with Crippen LogP contribution in [0.15, 0.2) is 11.8 Å². The van der Waals surface area contributed by atoms with Gasteiger partial charge in [-0.05, 0) is 19.8 Å². The van der Waals surface area contributed by atoms with Crippen molar-refractivity contribution in [3.05, 3.63) is 11.8 Å². The molecule has 13 heavy (non-hydrogen) atoms. The Morgan fingerprint density at radius 3 is 2.62 bits per heavy atom. The average Bonchev–Trinajstić information content (AvgIpc) is 2.14. The molecular formula is C11H23NO. The van der Waals surface area contributed by atoms with Gasteiger partial charge in [-0.3, -0.25) is 0 Å². The Kier molecular flexibility index (Phi) is 9.22. The van der Waals surface area contributed by atoms with E-state index in [0.29, 0.717) is 0 Å². The van der Waals surface area contributed by atoms with Crippen LogP contribution in [0.2, 0.25) is 0 Å². The number of hydrogen-bond donors (Lipinski definition) is 1. The highest BCUT2D eigenvalue weighted by Gasteiger charge is 1.88. The van der Waals surface area contributed by atoms with Gasteiger partial charge in [-0.2, -0.15) is 0 Å². The van der Waals surface area contributed by atoms with Crippen molar-refractivity contribution in [2.24, 2.45) is 0 Å². The first-order valence-electron chi connectivity index (χ1n) is 5.29. The highest BCUT2D eigenvalue weighted by Crippen LogP contribution is 1.93. The third-order valence-corrected chi connectivity index (χ3v) is 1.74. The van der Waals surface area contributed by atoms with Gasteiger partial charge in [-0.25, -0.2) is 0 Å². The summed E-state index contributed by atoms with van der Waals surface area (Å²) >= 11 is 0. The Hall–Kier alpha value is -0.500. The van der Waals surface area contributed by atoms with Gasteiger partial charge in [0.1, 0.15) is 0 Å². The van der Waals surface area contributed by atoms with Gasteiger partial charge < -0.3 is 10.1 Å². The minimum atomic E-state index is 0.811. The van der Waals surface area contributed by atoms with Gasteiger partial charge in [-0.1, -0.05) is 26.3 Å². The first kappa shape index (κ1) is 12.5. The molecule has 0 atom stereocenters. The van der Waals surface area contributed by atoms with E-state index in [9.17, 15) is 0 Å². The molecule has 0 spiro atoms. The lowest BCUT2D eigenvalue weighted by Crippen LogP contribution is -2.17. The van der Waals surface area contributed by atoms with E-state index in [0.717, 1.165) is 32.6 Å². The summed E-state index contributed by atoms with van der Waals surface area (Å²) in [5.41, 5.74) is 1.27. The highest BCUT2D eigenvalue weighted by molar-refractivity contribution is 4.94. The van der Waals surface area contributed by atoms with Gasteiger partial charge in [0.15, 0.2) is 0 Å². The zero-order valence-corrected chi connectivity index (χ0v) is 9.23. The number of rotatable bonds is 8. The van der Waals surface area contributed by atoms with Crippen molar-refractivity contribution in [2.75, 3.05) is 19.8 Å². The van der Waals surface area contributed by atoms with Crippen LogP contribution < -0.4 is 5.32 Å². The maximum Gasteiger partial charge on any atom is 0.0638 e. The molecule has 2 nitrogen and oxygen atoms in total. The molecule has 0 rings (SSSR count). The van der Waals surface area contributed by atoms with Gasteiger partial charge in [0.2, 0.25) is 0 Å². The molecule has 0 heterocycles. The molecule has 0 aromatic heterocycles. The lowest BCUT2D eigenvalue weighted by atomic mass is 10.3. The Balaban J connectivity index is 3.21. The predicted octanol–water partition coefficient (Wildman–Crippen LogP) is 2.71. The molecular weight excluding hydrogens is 162 g/mol. The fourth-order valence-electron chi connectivity index (χ4n) is 1.000. The highest BCUT2D eigenvalue weighted by atomic mass is 16.5. The molecule has 0 radical (unpaired) electrons. The van der Waals surface area contributed by atoms with Crippen LogP contribution in [0, 0.1) is 0 Å². The van der Waals surface area contributed by atoms with Crippen LogP contribution in [0.25, 0.3) is 0 Å². The summed E-state index contributed by atoms with van der Waals surface area (Å²) in [6.07, 6.45) is 5.71. The zero-order chi connectivity index (χ0) is 9.94. The van der Waals surface area contributed by atoms with E-state index >= 15 is 0 Å². The van der Waals surface area contributed by atoms with E-state index in [1.165, 1.54) is 12.1 Å². The number of ether oxygens (including phenoxy) is 1. The fraction of sp³-hybridized carbons (Fsp3) is 0.818. The Labute approximate surface area is 82.4 Å². The second-order valence-corrected chi connectivity index (χ2v) is 3.21. The summed E-state index contributed by atoms with van der Waals surface area (Å²) in [6.45, 7) is 9.03. The predicted molar refractivity (Wildman–Crippen MR) is 57.8 cm³/mol. The van der Waals surface area contributed by atoms with Crippen LogP contribution in [-0.2, 0) is 4.74 Å². The molecule has 2 heteroatoms. The Bertz CT molecular complexity index is 132. The number of nitrogens with one attached hydrogen (secondary N) is 1. The van der Waals surface area contributed by atoms with Gasteiger partial charge in [-0.15, -0.1) is 0 Å². The molecule has 0 aliphatic rings. The first-order valence-corrected chi connectivity index (χ1v) is 5.29. The van der Waals surface area contributed by atoms with Crippen LogP contribution in [0.3, 0.4) is 0 Å². The standard InChI is InChI=1S/C11H23NO/c1-4-6-7-11(3)12-8-10-13-9-5-2/h7,12H,4-6,8-10H2,1-3H3/b11-7-.